The summed E-state index contributed by atoms with van der Waals surface area (Å²) in [6.45, 7) is 4.83. The predicted molar refractivity (Wildman–Crippen MR) is 104 cm³/mol. The average Bonchev–Trinajstić information content (AvgIpc) is 2.68. The number of benzene rings is 2. The van der Waals surface area contributed by atoms with Gasteiger partial charge < -0.3 is 10.6 Å². The molecular formula is C21H22N4O. The SMILES string of the molecule is CCc1ccc(NC(=O)c2ccc(NCc3ccccc3C)nn2)cc1. The van der Waals surface area contributed by atoms with Crippen molar-refractivity contribution in [3.05, 3.63) is 83.0 Å². The number of hydrogen-bond donors (Lipinski definition) is 2. The molecule has 0 saturated carbocycles. The highest BCUT2D eigenvalue weighted by atomic mass is 16.1. The second kappa shape index (κ2) is 8.25. The first-order chi connectivity index (χ1) is 12.7. The van der Waals surface area contributed by atoms with Gasteiger partial charge in [0.25, 0.3) is 5.91 Å². The first-order valence-corrected chi connectivity index (χ1v) is 8.68. The van der Waals surface area contributed by atoms with E-state index >= 15 is 0 Å². The van der Waals surface area contributed by atoms with Crippen LogP contribution in [-0.2, 0) is 13.0 Å². The fourth-order valence-electron chi connectivity index (χ4n) is 2.56. The smallest absolute Gasteiger partial charge is 0.276 e. The van der Waals surface area contributed by atoms with Crippen LogP contribution in [0, 0.1) is 6.92 Å². The van der Waals surface area contributed by atoms with Gasteiger partial charge in [0.05, 0.1) is 0 Å². The summed E-state index contributed by atoms with van der Waals surface area (Å²) in [6, 6.07) is 19.4. The van der Waals surface area contributed by atoms with Crippen LogP contribution in [0.2, 0.25) is 0 Å². The Morgan fingerprint density at radius 3 is 2.38 bits per heavy atom. The van der Waals surface area contributed by atoms with Crippen molar-refractivity contribution in [1.29, 1.82) is 0 Å². The van der Waals surface area contributed by atoms with Crippen LogP contribution in [-0.4, -0.2) is 16.1 Å². The van der Waals surface area contributed by atoms with E-state index in [1.54, 1.807) is 12.1 Å². The van der Waals surface area contributed by atoms with Crippen molar-refractivity contribution in [2.75, 3.05) is 10.6 Å². The summed E-state index contributed by atoms with van der Waals surface area (Å²) in [6.07, 6.45) is 0.969. The van der Waals surface area contributed by atoms with E-state index in [-0.39, 0.29) is 11.6 Å². The lowest BCUT2D eigenvalue weighted by molar-refractivity contribution is 0.102. The topological polar surface area (TPSA) is 66.9 Å². The van der Waals surface area contributed by atoms with E-state index < -0.39 is 0 Å². The van der Waals surface area contributed by atoms with E-state index in [2.05, 4.69) is 46.8 Å². The molecule has 0 radical (unpaired) electrons. The molecule has 3 aromatic rings. The van der Waals surface area contributed by atoms with Gasteiger partial charge >= 0.3 is 0 Å². The van der Waals surface area contributed by atoms with Gasteiger partial charge in [-0.05, 0) is 54.3 Å². The molecule has 132 valence electrons. The van der Waals surface area contributed by atoms with Crippen LogP contribution in [0.4, 0.5) is 11.5 Å². The number of anilines is 2. The molecule has 26 heavy (non-hydrogen) atoms. The molecule has 1 amide bonds. The summed E-state index contributed by atoms with van der Waals surface area (Å²) < 4.78 is 0. The standard InChI is InChI=1S/C21H22N4O/c1-3-16-8-10-18(11-9-16)23-21(26)19-12-13-20(25-24-19)22-14-17-7-5-4-6-15(17)2/h4-13H,3,14H2,1-2H3,(H,22,25)(H,23,26). The van der Waals surface area contributed by atoms with Crippen molar-refractivity contribution in [3.8, 4) is 0 Å². The molecule has 0 spiro atoms. The second-order valence-corrected chi connectivity index (χ2v) is 6.09. The Hall–Kier alpha value is -3.21. The number of nitrogens with zero attached hydrogens (tertiary/aromatic N) is 2. The lowest BCUT2D eigenvalue weighted by Gasteiger charge is -2.08. The van der Waals surface area contributed by atoms with Crippen LogP contribution < -0.4 is 10.6 Å². The molecule has 0 aliphatic carbocycles. The third-order valence-electron chi connectivity index (χ3n) is 4.24. The molecule has 2 N–H and O–H groups in total. The van der Waals surface area contributed by atoms with Gasteiger partial charge in [-0.3, -0.25) is 4.79 Å². The number of rotatable bonds is 6. The highest BCUT2D eigenvalue weighted by molar-refractivity contribution is 6.02. The maximum absolute atomic E-state index is 12.3. The van der Waals surface area contributed by atoms with E-state index in [0.717, 1.165) is 12.1 Å². The summed E-state index contributed by atoms with van der Waals surface area (Å²) in [4.78, 5) is 12.3. The van der Waals surface area contributed by atoms with Crippen molar-refractivity contribution in [3.63, 3.8) is 0 Å². The van der Waals surface area contributed by atoms with Gasteiger partial charge in [-0.1, -0.05) is 43.3 Å². The first kappa shape index (κ1) is 17.6. The van der Waals surface area contributed by atoms with Crippen molar-refractivity contribution in [2.24, 2.45) is 0 Å². The number of hydrogen-bond acceptors (Lipinski definition) is 4. The fourth-order valence-corrected chi connectivity index (χ4v) is 2.56. The molecule has 0 atom stereocenters. The third-order valence-corrected chi connectivity index (χ3v) is 4.24. The molecule has 1 heterocycles. The maximum atomic E-state index is 12.3. The van der Waals surface area contributed by atoms with Gasteiger partial charge in [0.15, 0.2) is 5.69 Å². The summed E-state index contributed by atoms with van der Waals surface area (Å²) in [5, 5.41) is 14.2. The molecule has 0 bridgehead atoms. The minimum atomic E-state index is -0.271. The van der Waals surface area contributed by atoms with E-state index in [1.165, 1.54) is 16.7 Å². The Bertz CT molecular complexity index is 873. The largest absolute Gasteiger partial charge is 0.364 e. The van der Waals surface area contributed by atoms with Crippen LogP contribution >= 0.6 is 0 Å². The molecule has 0 fully saturated rings. The lowest BCUT2D eigenvalue weighted by atomic mass is 10.1. The molecule has 1 aromatic heterocycles. The quantitative estimate of drug-likeness (QED) is 0.701. The Labute approximate surface area is 153 Å². The van der Waals surface area contributed by atoms with Gasteiger partial charge in [-0.2, -0.15) is 0 Å². The van der Waals surface area contributed by atoms with Crippen LogP contribution in [0.5, 0.6) is 0 Å². The fraction of sp³-hybridized carbons (Fsp3) is 0.190. The van der Waals surface area contributed by atoms with Crippen molar-refractivity contribution >= 4 is 17.4 Å². The molecule has 5 heteroatoms. The predicted octanol–water partition coefficient (Wildman–Crippen LogP) is 4.21. The number of nitrogens with one attached hydrogen (secondary N) is 2. The maximum Gasteiger partial charge on any atom is 0.276 e. The zero-order valence-electron chi connectivity index (χ0n) is 15.0. The summed E-state index contributed by atoms with van der Waals surface area (Å²) in [5.74, 6) is 0.365. The number of amides is 1. The average molecular weight is 346 g/mol. The molecule has 3 rings (SSSR count). The highest BCUT2D eigenvalue weighted by Crippen LogP contribution is 2.13. The summed E-state index contributed by atoms with van der Waals surface area (Å²) in [5.41, 5.74) is 4.68. The van der Waals surface area contributed by atoms with Crippen molar-refractivity contribution in [2.45, 2.75) is 26.8 Å². The van der Waals surface area contributed by atoms with E-state index in [4.69, 9.17) is 0 Å². The van der Waals surface area contributed by atoms with Gasteiger partial charge in [-0.25, -0.2) is 0 Å². The Kier molecular flexibility index (Phi) is 5.59. The zero-order chi connectivity index (χ0) is 18.4. The van der Waals surface area contributed by atoms with Gasteiger partial charge in [0, 0.05) is 12.2 Å². The Morgan fingerprint density at radius 2 is 1.73 bits per heavy atom. The monoisotopic (exact) mass is 346 g/mol. The summed E-state index contributed by atoms with van der Waals surface area (Å²) in [7, 11) is 0. The molecule has 5 nitrogen and oxygen atoms in total. The number of aromatic nitrogens is 2. The Morgan fingerprint density at radius 1 is 0.962 bits per heavy atom. The van der Waals surface area contributed by atoms with Crippen LogP contribution in [0.25, 0.3) is 0 Å². The zero-order valence-corrected chi connectivity index (χ0v) is 15.0. The van der Waals surface area contributed by atoms with Gasteiger partial charge in [0.2, 0.25) is 0 Å². The van der Waals surface area contributed by atoms with Gasteiger partial charge in [0.1, 0.15) is 5.82 Å². The molecule has 0 unspecified atom stereocenters. The minimum Gasteiger partial charge on any atom is -0.364 e. The van der Waals surface area contributed by atoms with Crippen LogP contribution in [0.3, 0.4) is 0 Å². The molecule has 2 aromatic carbocycles. The number of carbonyl (C=O) groups is 1. The van der Waals surface area contributed by atoms with E-state index in [1.807, 2.05) is 36.4 Å². The van der Waals surface area contributed by atoms with Crippen molar-refractivity contribution in [1.82, 2.24) is 10.2 Å². The van der Waals surface area contributed by atoms with Crippen LogP contribution in [0.1, 0.15) is 34.1 Å². The third kappa shape index (κ3) is 4.45. The lowest BCUT2D eigenvalue weighted by Crippen LogP contribution is -2.15. The normalized spacial score (nSPS) is 10.4. The Balaban J connectivity index is 1.59. The number of carbonyl (C=O) groups excluding carboxylic acids is 1. The van der Waals surface area contributed by atoms with Crippen molar-refractivity contribution < 1.29 is 4.79 Å². The minimum absolute atomic E-state index is 0.271. The highest BCUT2D eigenvalue weighted by Gasteiger charge is 2.09. The molecule has 0 saturated heterocycles. The van der Waals surface area contributed by atoms with E-state index in [9.17, 15) is 4.79 Å². The second-order valence-electron chi connectivity index (χ2n) is 6.09. The molecular weight excluding hydrogens is 324 g/mol. The first-order valence-electron chi connectivity index (χ1n) is 8.68. The van der Waals surface area contributed by atoms with Crippen LogP contribution in [0.15, 0.2) is 60.7 Å². The van der Waals surface area contributed by atoms with E-state index in [0.29, 0.717) is 12.4 Å². The molecule has 0 aliphatic rings. The van der Waals surface area contributed by atoms with Gasteiger partial charge in [-0.15, -0.1) is 10.2 Å². The number of aryl methyl sites for hydroxylation is 2. The molecule has 0 aliphatic heterocycles. The summed E-state index contributed by atoms with van der Waals surface area (Å²) >= 11 is 0.